The number of nitrogens with zero attached hydrogens (tertiary/aromatic N) is 4. The van der Waals surface area contributed by atoms with E-state index in [0.29, 0.717) is 43.7 Å². The molecule has 3 heterocycles. The Kier molecular flexibility index (Phi) is 5.05. The van der Waals surface area contributed by atoms with Gasteiger partial charge in [-0.15, -0.1) is 5.10 Å². The molecule has 1 saturated heterocycles. The largest absolute Gasteiger partial charge is 0.390 e. The molecular formula is C18H26FN5O3S. The van der Waals surface area contributed by atoms with Gasteiger partial charge >= 0.3 is 0 Å². The Hall–Kier alpha value is -1.78. The normalized spacial score (nSPS) is 24.2. The lowest BCUT2D eigenvalue weighted by atomic mass is 10.0. The summed E-state index contributed by atoms with van der Waals surface area (Å²) >= 11 is 0. The molecule has 0 unspecified atom stereocenters. The first-order chi connectivity index (χ1) is 13.3. The van der Waals surface area contributed by atoms with Crippen molar-refractivity contribution in [1.29, 1.82) is 0 Å². The minimum Gasteiger partial charge on any atom is -0.390 e. The fraction of sp³-hybridized carbons (Fsp3) is 0.667. The van der Waals surface area contributed by atoms with Gasteiger partial charge in [0, 0.05) is 18.8 Å². The highest BCUT2D eigenvalue weighted by atomic mass is 32.2. The smallest absolute Gasteiger partial charge is 0.241 e. The Morgan fingerprint density at radius 2 is 2.11 bits per heavy atom. The van der Waals surface area contributed by atoms with Crippen molar-refractivity contribution in [2.24, 2.45) is 5.92 Å². The van der Waals surface area contributed by atoms with E-state index in [1.165, 1.54) is 16.6 Å². The maximum atomic E-state index is 14.1. The molecule has 0 amide bonds. The topological polar surface area (TPSA) is 99.8 Å². The lowest BCUT2D eigenvalue weighted by Gasteiger charge is -2.35. The second-order valence-electron chi connectivity index (χ2n) is 8.17. The predicted molar refractivity (Wildman–Crippen MR) is 103 cm³/mol. The first-order valence-corrected chi connectivity index (χ1v) is 11.2. The summed E-state index contributed by atoms with van der Waals surface area (Å²) in [5, 5.41) is 17.7. The number of fused-ring (bicyclic) bond motifs is 1. The molecule has 4 rings (SSSR count). The molecule has 154 valence electrons. The highest BCUT2D eigenvalue weighted by Crippen LogP contribution is 2.32. The average Bonchev–Trinajstić information content (AvgIpc) is 3.44. The highest BCUT2D eigenvalue weighted by Gasteiger charge is 2.43. The van der Waals surface area contributed by atoms with Crippen LogP contribution in [0.1, 0.15) is 38.8 Å². The van der Waals surface area contributed by atoms with Crippen molar-refractivity contribution in [1.82, 2.24) is 18.9 Å². The van der Waals surface area contributed by atoms with Crippen LogP contribution in [0.2, 0.25) is 0 Å². The number of rotatable bonds is 6. The molecule has 1 aliphatic carbocycles. The van der Waals surface area contributed by atoms with Crippen LogP contribution in [0, 0.1) is 11.7 Å². The van der Waals surface area contributed by atoms with Crippen molar-refractivity contribution in [3.8, 4) is 0 Å². The quantitative estimate of drug-likeness (QED) is 0.746. The summed E-state index contributed by atoms with van der Waals surface area (Å²) in [7, 11) is -3.29. The lowest BCUT2D eigenvalue weighted by molar-refractivity contribution is 0.0946. The summed E-state index contributed by atoms with van der Waals surface area (Å²) in [5.74, 6) is 0.278. The van der Waals surface area contributed by atoms with Crippen molar-refractivity contribution < 1.29 is 17.9 Å². The van der Waals surface area contributed by atoms with E-state index < -0.39 is 16.1 Å². The number of β-amino-alcohol motifs (C(OH)–C–C–N with tert-alkyl or cyclic N) is 1. The van der Waals surface area contributed by atoms with Gasteiger partial charge in [0.25, 0.3) is 0 Å². The Morgan fingerprint density at radius 3 is 2.75 bits per heavy atom. The molecule has 0 radical (unpaired) electrons. The zero-order chi connectivity index (χ0) is 20.1. The van der Waals surface area contributed by atoms with Crippen molar-refractivity contribution in [3.05, 3.63) is 23.8 Å². The monoisotopic (exact) mass is 411 g/mol. The van der Waals surface area contributed by atoms with Gasteiger partial charge in [0.1, 0.15) is 5.52 Å². The number of aromatic nitrogens is 3. The third-order valence-corrected chi connectivity index (χ3v) is 7.69. The summed E-state index contributed by atoms with van der Waals surface area (Å²) in [6.07, 6.45) is 3.11. The van der Waals surface area contributed by atoms with Crippen LogP contribution in [0.3, 0.4) is 0 Å². The number of piperidine rings is 1. The van der Waals surface area contributed by atoms with E-state index in [1.54, 1.807) is 4.52 Å². The average molecular weight is 412 g/mol. The molecule has 2 N–H and O–H groups in total. The van der Waals surface area contributed by atoms with E-state index in [-0.39, 0.29) is 29.6 Å². The van der Waals surface area contributed by atoms with E-state index in [9.17, 15) is 17.9 Å². The van der Waals surface area contributed by atoms with Crippen molar-refractivity contribution in [2.75, 3.05) is 18.4 Å². The molecule has 1 saturated carbocycles. The van der Waals surface area contributed by atoms with Gasteiger partial charge in [0.05, 0.1) is 23.6 Å². The van der Waals surface area contributed by atoms with Gasteiger partial charge < -0.3 is 10.4 Å². The Bertz CT molecular complexity index is 973. The standard InChI is InChI=1S/C18H26FN5O3S/c1-11(2)7-12-8-14(19)16-9-20-18(22-24(12)16)21-15-5-6-23(10-17(15)25)28(26,27)13-3-4-13/h8-9,11,13,15,17,25H,3-7,10H2,1-2H3,(H,21,22)/t15-,17-/m1/s1. The predicted octanol–water partition coefficient (Wildman–Crippen LogP) is 1.41. The molecule has 1 aliphatic heterocycles. The summed E-state index contributed by atoms with van der Waals surface area (Å²) < 4.78 is 41.8. The Morgan fingerprint density at radius 1 is 1.36 bits per heavy atom. The molecule has 2 fully saturated rings. The molecule has 0 bridgehead atoms. The van der Waals surface area contributed by atoms with Crippen LogP contribution in [0.25, 0.3) is 5.52 Å². The molecule has 8 nitrogen and oxygen atoms in total. The van der Waals surface area contributed by atoms with Crippen molar-refractivity contribution in [3.63, 3.8) is 0 Å². The zero-order valence-corrected chi connectivity index (χ0v) is 16.9. The van der Waals surface area contributed by atoms with Gasteiger partial charge in [-0.2, -0.15) is 4.31 Å². The molecular weight excluding hydrogens is 385 g/mol. The fourth-order valence-corrected chi connectivity index (χ4v) is 5.56. The van der Waals surface area contributed by atoms with E-state index in [1.807, 2.05) is 0 Å². The van der Waals surface area contributed by atoms with Crippen LogP contribution in [0.4, 0.5) is 10.3 Å². The summed E-state index contributed by atoms with van der Waals surface area (Å²) in [6, 6.07) is 1.11. The van der Waals surface area contributed by atoms with Crippen LogP contribution >= 0.6 is 0 Å². The summed E-state index contributed by atoms with van der Waals surface area (Å²) in [4.78, 5) is 4.17. The van der Waals surface area contributed by atoms with Gasteiger partial charge in [-0.3, -0.25) is 0 Å². The zero-order valence-electron chi connectivity index (χ0n) is 16.0. The number of hydrogen-bond acceptors (Lipinski definition) is 6. The van der Waals surface area contributed by atoms with E-state index in [4.69, 9.17) is 0 Å². The van der Waals surface area contributed by atoms with E-state index >= 15 is 0 Å². The van der Waals surface area contributed by atoms with E-state index in [2.05, 4.69) is 29.2 Å². The van der Waals surface area contributed by atoms with E-state index in [0.717, 1.165) is 5.69 Å². The summed E-state index contributed by atoms with van der Waals surface area (Å²) in [6.45, 7) is 4.52. The van der Waals surface area contributed by atoms with Gasteiger partial charge in [-0.05, 0) is 37.7 Å². The maximum Gasteiger partial charge on any atom is 0.241 e. The number of nitrogens with one attached hydrogen (secondary N) is 1. The Balaban J connectivity index is 1.49. The molecule has 2 aromatic heterocycles. The number of aliphatic hydroxyl groups is 1. The van der Waals surface area contributed by atoms with Gasteiger partial charge in [-0.1, -0.05) is 13.8 Å². The number of halogens is 1. The molecule has 0 aromatic carbocycles. The third kappa shape index (κ3) is 3.72. The fourth-order valence-electron chi connectivity index (χ4n) is 3.69. The third-order valence-electron chi connectivity index (χ3n) is 5.32. The number of aliphatic hydroxyl groups excluding tert-OH is 1. The maximum absolute atomic E-state index is 14.1. The molecule has 28 heavy (non-hydrogen) atoms. The van der Waals surface area contributed by atoms with Gasteiger partial charge in [-0.25, -0.2) is 22.3 Å². The molecule has 2 aromatic rings. The number of sulfonamides is 1. The van der Waals surface area contributed by atoms with Crippen molar-refractivity contribution >= 4 is 21.5 Å². The minimum atomic E-state index is -3.29. The molecule has 10 heteroatoms. The number of hydrogen-bond donors (Lipinski definition) is 2. The number of anilines is 1. The second-order valence-corrected chi connectivity index (χ2v) is 10.4. The Labute approximate surface area is 163 Å². The van der Waals surface area contributed by atoms with Crippen LogP contribution in [-0.4, -0.2) is 62.9 Å². The van der Waals surface area contributed by atoms with Crippen LogP contribution in [-0.2, 0) is 16.4 Å². The van der Waals surface area contributed by atoms with Crippen LogP contribution in [0.5, 0.6) is 0 Å². The molecule has 2 aliphatic rings. The molecule has 0 spiro atoms. The lowest BCUT2D eigenvalue weighted by Crippen LogP contribution is -2.52. The van der Waals surface area contributed by atoms with Crippen LogP contribution in [0.15, 0.2) is 12.3 Å². The second kappa shape index (κ2) is 7.23. The minimum absolute atomic E-state index is 0.0650. The first kappa shape index (κ1) is 19.5. The van der Waals surface area contributed by atoms with Gasteiger partial charge in [0.15, 0.2) is 5.82 Å². The molecule has 2 atom stereocenters. The highest BCUT2D eigenvalue weighted by molar-refractivity contribution is 7.90. The summed E-state index contributed by atoms with van der Waals surface area (Å²) in [5.41, 5.74) is 1.07. The van der Waals surface area contributed by atoms with Crippen molar-refractivity contribution in [2.45, 2.75) is 56.9 Å². The first-order valence-electron chi connectivity index (χ1n) is 9.72. The van der Waals surface area contributed by atoms with Crippen LogP contribution < -0.4 is 5.32 Å². The van der Waals surface area contributed by atoms with Gasteiger partial charge in [0.2, 0.25) is 16.0 Å². The SMILES string of the molecule is CC(C)Cc1cc(F)c2cnc(N[C@@H]3CCN(S(=O)(=O)C4CC4)C[C@H]3O)nn12.